The lowest BCUT2D eigenvalue weighted by atomic mass is 9.48. The van der Waals surface area contributed by atoms with Crippen LogP contribution in [0.25, 0.3) is 0 Å². The summed E-state index contributed by atoms with van der Waals surface area (Å²) < 4.78 is 5.11. The summed E-state index contributed by atoms with van der Waals surface area (Å²) in [6.45, 7) is 1.52. The van der Waals surface area contributed by atoms with E-state index in [2.05, 4.69) is 5.32 Å². The topological polar surface area (TPSA) is 130 Å². The molecule has 1 saturated heterocycles. The van der Waals surface area contributed by atoms with Gasteiger partial charge in [0.1, 0.15) is 11.5 Å². The Morgan fingerprint density at radius 1 is 1.20 bits per heavy atom. The van der Waals surface area contributed by atoms with Gasteiger partial charge in [0.05, 0.1) is 25.3 Å². The van der Waals surface area contributed by atoms with Crippen LogP contribution in [0.4, 0.5) is 0 Å². The van der Waals surface area contributed by atoms with Gasteiger partial charge in [-0.1, -0.05) is 19.1 Å². The Bertz CT molecular complexity index is 846. The summed E-state index contributed by atoms with van der Waals surface area (Å²) in [5.41, 5.74) is -4.92. The van der Waals surface area contributed by atoms with E-state index in [0.717, 1.165) is 0 Å². The number of nitriles is 3. The minimum Gasteiger partial charge on any atom is -0.497 e. The number of nitrogens with zero attached hydrogens (tertiary/aromatic N) is 3. The van der Waals surface area contributed by atoms with Crippen molar-refractivity contribution >= 4 is 5.91 Å². The van der Waals surface area contributed by atoms with Crippen LogP contribution in [0.3, 0.4) is 0 Å². The first-order chi connectivity index (χ1) is 11.8. The van der Waals surface area contributed by atoms with Crippen LogP contribution in [-0.4, -0.2) is 23.8 Å². The molecule has 2 aliphatic rings. The number of rotatable bonds is 2. The lowest BCUT2D eigenvalue weighted by Gasteiger charge is -2.48. The molecule has 4 atom stereocenters. The van der Waals surface area contributed by atoms with E-state index < -0.39 is 34.3 Å². The molecule has 0 radical (unpaired) electrons. The van der Waals surface area contributed by atoms with Crippen molar-refractivity contribution in [2.24, 2.45) is 16.7 Å². The van der Waals surface area contributed by atoms with E-state index in [-0.39, 0.29) is 6.42 Å². The number of nitrogens with one attached hydrogen (secondary N) is 1. The first-order valence-corrected chi connectivity index (χ1v) is 7.78. The lowest BCUT2D eigenvalue weighted by molar-refractivity contribution is -0.130. The van der Waals surface area contributed by atoms with Crippen molar-refractivity contribution in [2.45, 2.75) is 25.0 Å². The predicted molar refractivity (Wildman–Crippen MR) is 84.3 cm³/mol. The predicted octanol–water partition coefficient (Wildman–Crippen LogP) is 1.18. The maximum atomic E-state index is 12.6. The third-order valence-corrected chi connectivity index (χ3v) is 5.76. The summed E-state index contributed by atoms with van der Waals surface area (Å²) in [6, 6.07) is 12.5. The van der Waals surface area contributed by atoms with Crippen LogP contribution in [0.2, 0.25) is 0 Å². The van der Waals surface area contributed by atoms with Gasteiger partial charge in [-0.3, -0.25) is 4.79 Å². The van der Waals surface area contributed by atoms with Crippen LogP contribution in [0.5, 0.6) is 5.75 Å². The zero-order valence-corrected chi connectivity index (χ0v) is 13.8. The molecule has 0 aromatic heterocycles. The number of hydrogen-bond donors (Lipinski definition) is 2. The Morgan fingerprint density at radius 2 is 1.80 bits per heavy atom. The number of ether oxygens (including phenoxy) is 1. The number of hydrogen-bond acceptors (Lipinski definition) is 6. The standard InChI is InChI=1S/C18H16N4O3/c1-11-17(10-21)15(23)22-18(11,24)7-14(16(17,8-19)9-20)12-3-5-13(25-2)6-4-12/h3-6,11,14,24H,7H2,1-2H3,(H,22,23)/t11-,14-,17-,18+/m1/s1. The third-order valence-electron chi connectivity index (χ3n) is 5.76. The van der Waals surface area contributed by atoms with Gasteiger partial charge in [-0.15, -0.1) is 0 Å². The average molecular weight is 336 g/mol. The second-order valence-corrected chi connectivity index (χ2v) is 6.58. The van der Waals surface area contributed by atoms with Crippen molar-refractivity contribution in [1.82, 2.24) is 5.32 Å². The van der Waals surface area contributed by atoms with E-state index in [4.69, 9.17) is 4.74 Å². The third kappa shape index (κ3) is 1.78. The Hall–Kier alpha value is -3.08. The highest BCUT2D eigenvalue weighted by atomic mass is 16.5. The summed E-state index contributed by atoms with van der Waals surface area (Å²) in [5.74, 6) is -1.89. The average Bonchev–Trinajstić information content (AvgIpc) is 2.77. The molecule has 1 heterocycles. The second kappa shape index (κ2) is 5.21. The van der Waals surface area contributed by atoms with E-state index in [1.54, 1.807) is 24.3 Å². The molecular formula is C18H16N4O3. The zero-order chi connectivity index (χ0) is 18.5. The van der Waals surface area contributed by atoms with Crippen LogP contribution in [0.1, 0.15) is 24.8 Å². The highest BCUT2D eigenvalue weighted by Crippen LogP contribution is 2.64. The van der Waals surface area contributed by atoms with Crippen LogP contribution >= 0.6 is 0 Å². The van der Waals surface area contributed by atoms with Crippen LogP contribution in [0, 0.1) is 50.7 Å². The molecule has 2 N–H and O–H groups in total. The summed E-state index contributed by atoms with van der Waals surface area (Å²) in [6.07, 6.45) is -0.0310. The maximum absolute atomic E-state index is 12.6. The molecule has 1 saturated carbocycles. The van der Waals surface area contributed by atoms with Crippen molar-refractivity contribution in [3.05, 3.63) is 29.8 Å². The van der Waals surface area contributed by atoms with Crippen molar-refractivity contribution in [3.8, 4) is 24.0 Å². The molecule has 126 valence electrons. The van der Waals surface area contributed by atoms with Crippen molar-refractivity contribution in [3.63, 3.8) is 0 Å². The van der Waals surface area contributed by atoms with E-state index in [1.807, 2.05) is 18.2 Å². The molecule has 1 aliphatic carbocycles. The Labute approximate surface area is 145 Å². The summed E-state index contributed by atoms with van der Waals surface area (Å²) in [7, 11) is 1.52. The zero-order valence-electron chi connectivity index (χ0n) is 13.8. The monoisotopic (exact) mass is 336 g/mol. The van der Waals surface area contributed by atoms with Crippen LogP contribution in [-0.2, 0) is 4.79 Å². The largest absolute Gasteiger partial charge is 0.497 e. The van der Waals surface area contributed by atoms with Crippen molar-refractivity contribution in [1.29, 1.82) is 15.8 Å². The minimum atomic E-state index is -1.95. The lowest BCUT2D eigenvalue weighted by Crippen LogP contribution is -2.57. The summed E-state index contributed by atoms with van der Waals surface area (Å²) in [5, 5.41) is 43.0. The normalized spacial score (nSPS) is 35.0. The fraction of sp³-hybridized carbons (Fsp3) is 0.444. The van der Waals surface area contributed by atoms with Crippen molar-refractivity contribution < 1.29 is 14.6 Å². The minimum absolute atomic E-state index is 0.0310. The molecule has 1 amide bonds. The molecule has 1 aliphatic heterocycles. The highest BCUT2D eigenvalue weighted by Gasteiger charge is 2.77. The Morgan fingerprint density at radius 3 is 2.28 bits per heavy atom. The van der Waals surface area contributed by atoms with Gasteiger partial charge in [-0.2, -0.15) is 15.8 Å². The molecule has 25 heavy (non-hydrogen) atoms. The van der Waals surface area contributed by atoms with Gasteiger partial charge in [0, 0.05) is 18.3 Å². The molecule has 0 unspecified atom stereocenters. The molecule has 7 heteroatoms. The van der Waals surface area contributed by atoms with Gasteiger partial charge in [0.15, 0.2) is 10.8 Å². The quantitative estimate of drug-likeness (QED) is 0.834. The van der Waals surface area contributed by atoms with Crippen LogP contribution in [0.15, 0.2) is 24.3 Å². The highest BCUT2D eigenvalue weighted by molar-refractivity contribution is 5.92. The second-order valence-electron chi connectivity index (χ2n) is 6.58. The van der Waals surface area contributed by atoms with Gasteiger partial charge in [-0.05, 0) is 17.7 Å². The van der Waals surface area contributed by atoms with Gasteiger partial charge in [0.2, 0.25) is 5.91 Å². The molecule has 3 rings (SSSR count). The number of aliphatic hydroxyl groups is 1. The smallest absolute Gasteiger partial charge is 0.245 e. The number of benzene rings is 1. The SMILES string of the molecule is COc1ccc([C@H]2C[C@@]3(O)NC(=O)[C@@](C#N)([C@H]3C)C2(C#N)C#N)cc1. The van der Waals surface area contributed by atoms with Gasteiger partial charge < -0.3 is 15.2 Å². The van der Waals surface area contributed by atoms with Crippen LogP contribution < -0.4 is 10.1 Å². The number of amides is 1. The summed E-state index contributed by atoms with van der Waals surface area (Å²) >= 11 is 0. The molecule has 1 aromatic carbocycles. The Kier molecular flexibility index (Phi) is 3.49. The molecule has 2 bridgehead atoms. The fourth-order valence-electron chi connectivity index (χ4n) is 4.24. The van der Waals surface area contributed by atoms with Gasteiger partial charge in [-0.25, -0.2) is 0 Å². The Balaban J connectivity index is 2.26. The molecule has 2 fully saturated rings. The van der Waals surface area contributed by atoms with E-state index in [9.17, 15) is 25.7 Å². The molecule has 0 spiro atoms. The maximum Gasteiger partial charge on any atom is 0.245 e. The molecule has 1 aromatic rings. The van der Waals surface area contributed by atoms with E-state index in [0.29, 0.717) is 11.3 Å². The first-order valence-electron chi connectivity index (χ1n) is 7.78. The number of carbonyl (C=O) groups is 1. The van der Waals surface area contributed by atoms with Crippen molar-refractivity contribution in [2.75, 3.05) is 7.11 Å². The first kappa shape index (κ1) is 16.8. The fourth-order valence-corrected chi connectivity index (χ4v) is 4.24. The van der Waals surface area contributed by atoms with Gasteiger partial charge in [0.25, 0.3) is 0 Å². The van der Waals surface area contributed by atoms with E-state index in [1.165, 1.54) is 14.0 Å². The van der Waals surface area contributed by atoms with Gasteiger partial charge >= 0.3 is 0 Å². The number of fused-ring (bicyclic) bond motifs is 2. The molecular weight excluding hydrogens is 320 g/mol. The van der Waals surface area contributed by atoms with E-state index >= 15 is 0 Å². The number of carbonyl (C=O) groups excluding carboxylic acids is 1. The molecule has 7 nitrogen and oxygen atoms in total. The summed E-state index contributed by atoms with van der Waals surface area (Å²) in [4.78, 5) is 12.6. The number of methoxy groups -OCH3 is 1.